The number of carbonyl (C=O) groups is 1. The summed E-state index contributed by atoms with van der Waals surface area (Å²) in [6.07, 6.45) is 5.13. The molecule has 0 aromatic carbocycles. The molecular formula is C9H14N2O. The van der Waals surface area contributed by atoms with Crippen LogP contribution in [0, 0.1) is 5.41 Å². The summed E-state index contributed by atoms with van der Waals surface area (Å²) in [4.78, 5) is 15.4. The number of Topliss-reactive ketones (excluding diaryl/α,β-unsaturated/α-hetero) is 1. The van der Waals surface area contributed by atoms with Gasteiger partial charge >= 0.3 is 0 Å². The molecule has 0 atom stereocenters. The minimum atomic E-state index is -0.260. The normalized spacial score (nSPS) is 11.6. The highest BCUT2D eigenvalue weighted by Gasteiger charge is 2.20. The molecule has 0 amide bonds. The number of hydrogen-bond acceptors (Lipinski definition) is 2. The first-order valence-electron chi connectivity index (χ1n) is 3.99. The van der Waals surface area contributed by atoms with Crippen molar-refractivity contribution in [1.29, 1.82) is 0 Å². The van der Waals surface area contributed by atoms with Crippen LogP contribution in [0.5, 0.6) is 0 Å². The second-order valence-corrected chi connectivity index (χ2v) is 3.91. The van der Waals surface area contributed by atoms with E-state index in [0.717, 1.165) is 0 Å². The minimum Gasteiger partial charge on any atom is -0.330 e. The average Bonchev–Trinajstić information content (AvgIpc) is 2.37. The Hall–Kier alpha value is -1.12. The van der Waals surface area contributed by atoms with Gasteiger partial charge < -0.3 is 4.57 Å². The Bertz CT molecular complexity index is 257. The summed E-state index contributed by atoms with van der Waals surface area (Å²) in [7, 11) is 0. The number of nitrogens with zero attached hydrogens (tertiary/aromatic N) is 2. The fourth-order valence-corrected chi connectivity index (χ4v) is 0.783. The summed E-state index contributed by atoms with van der Waals surface area (Å²) in [6.45, 7) is 6.19. The van der Waals surface area contributed by atoms with Crippen LogP contribution in [0.2, 0.25) is 0 Å². The van der Waals surface area contributed by atoms with E-state index in [2.05, 4.69) is 4.98 Å². The molecule has 12 heavy (non-hydrogen) atoms. The van der Waals surface area contributed by atoms with E-state index in [4.69, 9.17) is 0 Å². The predicted molar refractivity (Wildman–Crippen MR) is 46.7 cm³/mol. The van der Waals surface area contributed by atoms with Gasteiger partial charge in [-0.3, -0.25) is 4.79 Å². The van der Waals surface area contributed by atoms with E-state index in [-0.39, 0.29) is 11.2 Å². The number of ketones is 1. The Morgan fingerprint density at radius 3 is 2.58 bits per heavy atom. The van der Waals surface area contributed by atoms with Gasteiger partial charge in [0.15, 0.2) is 5.78 Å². The Labute approximate surface area is 72.4 Å². The van der Waals surface area contributed by atoms with E-state index in [1.165, 1.54) is 0 Å². The first-order chi connectivity index (χ1) is 5.50. The molecule has 0 N–H and O–H groups in total. The van der Waals surface area contributed by atoms with Crippen LogP contribution in [0.25, 0.3) is 0 Å². The zero-order valence-corrected chi connectivity index (χ0v) is 7.74. The lowest BCUT2D eigenvalue weighted by atomic mass is 9.91. The van der Waals surface area contributed by atoms with Crippen LogP contribution in [0.1, 0.15) is 20.8 Å². The Morgan fingerprint density at radius 1 is 1.50 bits per heavy atom. The van der Waals surface area contributed by atoms with E-state index < -0.39 is 0 Å². The van der Waals surface area contributed by atoms with Crippen LogP contribution in [0.15, 0.2) is 18.7 Å². The smallest absolute Gasteiger partial charge is 0.157 e. The lowest BCUT2D eigenvalue weighted by Crippen LogP contribution is -2.24. The van der Waals surface area contributed by atoms with Gasteiger partial charge in [-0.1, -0.05) is 20.8 Å². The molecule has 0 spiro atoms. The van der Waals surface area contributed by atoms with Gasteiger partial charge in [-0.15, -0.1) is 0 Å². The first kappa shape index (κ1) is 8.97. The summed E-state index contributed by atoms with van der Waals surface area (Å²) in [5.74, 6) is 0.223. The van der Waals surface area contributed by atoms with Crippen LogP contribution in [0.4, 0.5) is 0 Å². The van der Waals surface area contributed by atoms with Crippen LogP contribution < -0.4 is 0 Å². The van der Waals surface area contributed by atoms with Crippen molar-refractivity contribution in [2.75, 3.05) is 0 Å². The van der Waals surface area contributed by atoms with Gasteiger partial charge in [-0.25, -0.2) is 4.98 Å². The number of imidazole rings is 1. The van der Waals surface area contributed by atoms with Crippen molar-refractivity contribution < 1.29 is 4.79 Å². The topological polar surface area (TPSA) is 34.9 Å². The monoisotopic (exact) mass is 166 g/mol. The second kappa shape index (κ2) is 3.09. The predicted octanol–water partition coefficient (Wildman–Crippen LogP) is 1.50. The summed E-state index contributed by atoms with van der Waals surface area (Å²) >= 11 is 0. The molecule has 3 nitrogen and oxygen atoms in total. The molecular weight excluding hydrogens is 152 g/mol. The lowest BCUT2D eigenvalue weighted by molar-refractivity contribution is -0.126. The lowest BCUT2D eigenvalue weighted by Gasteiger charge is -2.16. The van der Waals surface area contributed by atoms with Crippen LogP contribution in [-0.4, -0.2) is 15.3 Å². The van der Waals surface area contributed by atoms with Crippen molar-refractivity contribution >= 4 is 5.78 Å². The molecule has 0 aliphatic rings. The average molecular weight is 166 g/mol. The SMILES string of the molecule is CC(C)(C)C(=O)Cn1ccnc1. The number of hydrogen-bond donors (Lipinski definition) is 0. The number of carbonyl (C=O) groups excluding carboxylic acids is 1. The summed E-state index contributed by atoms with van der Waals surface area (Å²) in [5.41, 5.74) is -0.260. The molecule has 0 fully saturated rings. The minimum absolute atomic E-state index is 0.223. The van der Waals surface area contributed by atoms with Crippen molar-refractivity contribution in [3.8, 4) is 0 Å². The Balaban J connectivity index is 2.60. The molecule has 0 saturated carbocycles. The van der Waals surface area contributed by atoms with E-state index >= 15 is 0 Å². The third-order valence-corrected chi connectivity index (χ3v) is 1.72. The van der Waals surface area contributed by atoms with Crippen molar-refractivity contribution in [3.05, 3.63) is 18.7 Å². The maximum absolute atomic E-state index is 11.5. The maximum Gasteiger partial charge on any atom is 0.157 e. The third kappa shape index (κ3) is 2.19. The highest BCUT2D eigenvalue weighted by atomic mass is 16.1. The third-order valence-electron chi connectivity index (χ3n) is 1.72. The van der Waals surface area contributed by atoms with Gasteiger partial charge in [0.1, 0.15) is 0 Å². The number of rotatable bonds is 2. The highest BCUT2D eigenvalue weighted by molar-refractivity contribution is 5.83. The van der Waals surface area contributed by atoms with E-state index in [1.54, 1.807) is 23.3 Å². The van der Waals surface area contributed by atoms with Crippen LogP contribution >= 0.6 is 0 Å². The molecule has 0 radical (unpaired) electrons. The van der Waals surface area contributed by atoms with Gasteiger partial charge in [0.2, 0.25) is 0 Å². The maximum atomic E-state index is 11.5. The van der Waals surface area contributed by atoms with Gasteiger partial charge in [-0.05, 0) is 0 Å². The molecule has 1 rings (SSSR count). The molecule has 0 saturated heterocycles. The molecule has 1 heterocycles. The number of aromatic nitrogens is 2. The molecule has 0 bridgehead atoms. The standard InChI is InChI=1S/C9H14N2O/c1-9(2,3)8(12)6-11-5-4-10-7-11/h4-5,7H,6H2,1-3H3. The fourth-order valence-electron chi connectivity index (χ4n) is 0.783. The van der Waals surface area contributed by atoms with Gasteiger partial charge in [0, 0.05) is 17.8 Å². The summed E-state index contributed by atoms with van der Waals surface area (Å²) in [5, 5.41) is 0. The summed E-state index contributed by atoms with van der Waals surface area (Å²) in [6, 6.07) is 0. The van der Waals surface area contributed by atoms with Crippen LogP contribution in [0.3, 0.4) is 0 Å². The van der Waals surface area contributed by atoms with Crippen molar-refractivity contribution in [3.63, 3.8) is 0 Å². The summed E-state index contributed by atoms with van der Waals surface area (Å²) < 4.78 is 1.79. The van der Waals surface area contributed by atoms with Gasteiger partial charge in [0.25, 0.3) is 0 Å². The quantitative estimate of drug-likeness (QED) is 0.667. The molecule has 0 aliphatic carbocycles. The Morgan fingerprint density at radius 2 is 2.17 bits per heavy atom. The van der Waals surface area contributed by atoms with Crippen molar-refractivity contribution in [2.24, 2.45) is 5.41 Å². The molecule has 1 aromatic rings. The molecule has 3 heteroatoms. The molecule has 66 valence electrons. The second-order valence-electron chi connectivity index (χ2n) is 3.91. The first-order valence-corrected chi connectivity index (χ1v) is 3.99. The molecule has 1 aromatic heterocycles. The van der Waals surface area contributed by atoms with Gasteiger partial charge in [-0.2, -0.15) is 0 Å². The fraction of sp³-hybridized carbons (Fsp3) is 0.556. The van der Waals surface area contributed by atoms with Crippen molar-refractivity contribution in [1.82, 2.24) is 9.55 Å². The molecule has 0 aliphatic heterocycles. The Kier molecular flexibility index (Phi) is 2.31. The van der Waals surface area contributed by atoms with E-state index in [9.17, 15) is 4.79 Å². The van der Waals surface area contributed by atoms with Gasteiger partial charge in [0.05, 0.1) is 12.9 Å². The van der Waals surface area contributed by atoms with Crippen molar-refractivity contribution in [2.45, 2.75) is 27.3 Å². The largest absolute Gasteiger partial charge is 0.330 e. The molecule has 0 unspecified atom stereocenters. The zero-order chi connectivity index (χ0) is 9.19. The zero-order valence-electron chi connectivity index (χ0n) is 7.74. The highest BCUT2D eigenvalue weighted by Crippen LogP contribution is 2.15. The van der Waals surface area contributed by atoms with E-state index in [0.29, 0.717) is 6.54 Å². The van der Waals surface area contributed by atoms with E-state index in [1.807, 2.05) is 20.8 Å². The van der Waals surface area contributed by atoms with Crippen LogP contribution in [-0.2, 0) is 11.3 Å².